The maximum Gasteiger partial charge on any atom is 0.277 e. The van der Waals surface area contributed by atoms with Gasteiger partial charge in [0, 0.05) is 0 Å². The van der Waals surface area contributed by atoms with E-state index in [0.29, 0.717) is 5.75 Å². The number of carbonyl (C=O) groups excluding carboxylic acids is 1. The Labute approximate surface area is 132 Å². The van der Waals surface area contributed by atoms with E-state index >= 15 is 0 Å². The van der Waals surface area contributed by atoms with Crippen molar-refractivity contribution in [3.63, 3.8) is 0 Å². The second-order valence-corrected chi connectivity index (χ2v) is 5.77. The molecule has 0 spiro atoms. The predicted molar refractivity (Wildman–Crippen MR) is 79.1 cm³/mol. The molecule has 0 saturated carbocycles. The summed E-state index contributed by atoms with van der Waals surface area (Å²) in [5.41, 5.74) is 3.08. The van der Waals surface area contributed by atoms with Gasteiger partial charge in [-0.05, 0) is 30.7 Å². The number of ether oxygens (including phenoxy) is 1. The zero-order valence-electron chi connectivity index (χ0n) is 12.1. The summed E-state index contributed by atoms with van der Waals surface area (Å²) in [5, 5.41) is 2.86. The molecule has 0 aliphatic heterocycles. The molecule has 122 valence electrons. The summed E-state index contributed by atoms with van der Waals surface area (Å²) < 4.78 is 42.1. The first-order chi connectivity index (χ1) is 10.9. The Morgan fingerprint density at radius 3 is 2.74 bits per heavy atom. The van der Waals surface area contributed by atoms with Crippen LogP contribution in [0.1, 0.15) is 11.3 Å². The van der Waals surface area contributed by atoms with Crippen molar-refractivity contribution in [3.05, 3.63) is 47.7 Å². The summed E-state index contributed by atoms with van der Waals surface area (Å²) >= 11 is 0. The van der Waals surface area contributed by atoms with Crippen LogP contribution in [0.4, 0.5) is 0 Å². The van der Waals surface area contributed by atoms with E-state index < -0.39 is 21.1 Å². The molecule has 1 aromatic carbocycles. The summed E-state index contributed by atoms with van der Waals surface area (Å²) in [4.78, 5) is 11.6. The summed E-state index contributed by atoms with van der Waals surface area (Å²) in [5.74, 6) is 0.0928. The third kappa shape index (κ3) is 4.94. The van der Waals surface area contributed by atoms with Crippen molar-refractivity contribution in [2.75, 3.05) is 6.61 Å². The third-order valence-electron chi connectivity index (χ3n) is 2.68. The van der Waals surface area contributed by atoms with E-state index in [0.717, 1.165) is 17.8 Å². The van der Waals surface area contributed by atoms with Gasteiger partial charge >= 0.3 is 0 Å². The molecule has 2 rings (SSSR count). The van der Waals surface area contributed by atoms with Gasteiger partial charge in [0.15, 0.2) is 16.7 Å². The minimum absolute atomic E-state index is 0.0135. The molecule has 8 nitrogen and oxygen atoms in total. The van der Waals surface area contributed by atoms with E-state index in [1.165, 1.54) is 6.07 Å². The van der Waals surface area contributed by atoms with Crippen molar-refractivity contribution in [3.8, 4) is 5.75 Å². The van der Waals surface area contributed by atoms with E-state index in [2.05, 4.69) is 10.5 Å². The Hall–Kier alpha value is -2.65. The lowest BCUT2D eigenvalue weighted by atomic mass is 10.2. The molecule has 9 heteroatoms. The van der Waals surface area contributed by atoms with Crippen molar-refractivity contribution < 1.29 is 26.9 Å². The van der Waals surface area contributed by atoms with Gasteiger partial charge in [0.05, 0.1) is 6.21 Å². The monoisotopic (exact) mass is 337 g/mol. The molecule has 0 fully saturated rings. The van der Waals surface area contributed by atoms with Gasteiger partial charge in [-0.25, -0.2) is 13.8 Å². The van der Waals surface area contributed by atoms with Gasteiger partial charge in [-0.3, -0.25) is 4.79 Å². The lowest BCUT2D eigenvalue weighted by Gasteiger charge is -2.07. The van der Waals surface area contributed by atoms with Crippen molar-refractivity contribution in [1.29, 1.82) is 0 Å². The number of aryl methyl sites for hydroxylation is 1. The van der Waals surface area contributed by atoms with Crippen LogP contribution in [0, 0.1) is 6.92 Å². The quantitative estimate of drug-likeness (QED) is 0.477. The number of benzene rings is 1. The van der Waals surface area contributed by atoms with Crippen LogP contribution in [0.15, 0.2) is 51.0 Å². The molecule has 0 atom stereocenters. The first kappa shape index (κ1) is 16.7. The van der Waals surface area contributed by atoms with E-state index in [-0.39, 0.29) is 12.4 Å². The van der Waals surface area contributed by atoms with Crippen LogP contribution in [0.3, 0.4) is 0 Å². The van der Waals surface area contributed by atoms with Gasteiger partial charge in [0.1, 0.15) is 11.5 Å². The minimum Gasteiger partial charge on any atom is -0.742 e. The zero-order chi connectivity index (χ0) is 16.9. The highest BCUT2D eigenvalue weighted by molar-refractivity contribution is 7.85. The highest BCUT2D eigenvalue weighted by Crippen LogP contribution is 2.15. The fourth-order valence-electron chi connectivity index (χ4n) is 1.60. The van der Waals surface area contributed by atoms with Crippen LogP contribution in [0.2, 0.25) is 0 Å². The maximum atomic E-state index is 11.6. The van der Waals surface area contributed by atoms with Gasteiger partial charge in [-0.2, -0.15) is 5.10 Å². The molecule has 0 aliphatic carbocycles. The first-order valence-corrected chi connectivity index (χ1v) is 7.83. The molecular formula is C14H13N2O6S-. The highest BCUT2D eigenvalue weighted by atomic mass is 32.2. The number of para-hydroxylation sites is 1. The lowest BCUT2D eigenvalue weighted by Crippen LogP contribution is -2.24. The molecule has 23 heavy (non-hydrogen) atoms. The van der Waals surface area contributed by atoms with Crippen LogP contribution in [-0.2, 0) is 14.9 Å². The largest absolute Gasteiger partial charge is 0.742 e. The number of rotatable bonds is 6. The molecule has 1 N–H and O–H groups in total. The zero-order valence-corrected chi connectivity index (χ0v) is 12.9. The third-order valence-corrected chi connectivity index (χ3v) is 3.39. The second-order valence-electron chi connectivity index (χ2n) is 4.46. The number of carbonyl (C=O) groups is 1. The number of hydrogen-bond acceptors (Lipinski definition) is 7. The molecule has 2 aromatic rings. The molecule has 1 heterocycles. The Morgan fingerprint density at radius 2 is 2.09 bits per heavy atom. The van der Waals surface area contributed by atoms with E-state index in [4.69, 9.17) is 9.15 Å². The Morgan fingerprint density at radius 1 is 1.35 bits per heavy atom. The summed E-state index contributed by atoms with van der Waals surface area (Å²) in [6.07, 6.45) is 1.07. The molecule has 1 aromatic heterocycles. The fraction of sp³-hybridized carbons (Fsp3) is 0.143. The van der Waals surface area contributed by atoms with E-state index in [9.17, 15) is 17.8 Å². The number of amides is 1. The topological polar surface area (TPSA) is 121 Å². The molecule has 1 amide bonds. The Balaban J connectivity index is 1.84. The van der Waals surface area contributed by atoms with Gasteiger partial charge < -0.3 is 13.7 Å². The van der Waals surface area contributed by atoms with Crippen LogP contribution in [0.5, 0.6) is 5.75 Å². The molecular weight excluding hydrogens is 324 g/mol. The highest BCUT2D eigenvalue weighted by Gasteiger charge is 2.07. The number of nitrogens with zero attached hydrogens (tertiary/aromatic N) is 1. The SMILES string of the molecule is Cc1ccccc1OCC(=O)N/N=C/c1ccc(S(=O)(=O)[O-])o1. The maximum absolute atomic E-state index is 11.6. The van der Waals surface area contributed by atoms with Crippen molar-refractivity contribution >= 4 is 22.2 Å². The summed E-state index contributed by atoms with van der Waals surface area (Å²) in [6.45, 7) is 1.62. The molecule has 0 radical (unpaired) electrons. The lowest BCUT2D eigenvalue weighted by molar-refractivity contribution is -0.123. The van der Waals surface area contributed by atoms with Crippen molar-refractivity contribution in [2.24, 2.45) is 5.10 Å². The number of nitrogens with one attached hydrogen (secondary N) is 1. The predicted octanol–water partition coefficient (Wildman–Crippen LogP) is 1.02. The average molecular weight is 337 g/mol. The van der Waals surface area contributed by atoms with Crippen LogP contribution >= 0.6 is 0 Å². The summed E-state index contributed by atoms with van der Waals surface area (Å²) in [6, 6.07) is 9.48. The molecule has 0 unspecified atom stereocenters. The molecule has 0 saturated heterocycles. The van der Waals surface area contributed by atoms with Gasteiger partial charge in [0.25, 0.3) is 5.91 Å². The molecule has 0 bridgehead atoms. The first-order valence-electron chi connectivity index (χ1n) is 6.42. The summed E-state index contributed by atoms with van der Waals surface area (Å²) in [7, 11) is -4.65. The van der Waals surface area contributed by atoms with E-state index in [1.54, 1.807) is 12.1 Å². The van der Waals surface area contributed by atoms with Crippen molar-refractivity contribution in [2.45, 2.75) is 12.0 Å². The van der Waals surface area contributed by atoms with Gasteiger partial charge in [-0.15, -0.1) is 0 Å². The van der Waals surface area contributed by atoms with Crippen LogP contribution in [-0.4, -0.2) is 31.7 Å². The number of furan rings is 1. The normalized spacial score (nSPS) is 11.6. The standard InChI is InChI=1S/C14H14N2O6S/c1-10-4-2-3-5-12(10)21-9-13(17)16-15-8-11-6-7-14(22-11)23(18,19)20/h2-8H,9H2,1H3,(H,16,17)(H,18,19,20)/p-1/b15-8+. The van der Waals surface area contributed by atoms with Gasteiger partial charge in [0.2, 0.25) is 5.09 Å². The fourth-order valence-corrected chi connectivity index (χ4v) is 2.03. The van der Waals surface area contributed by atoms with Crippen molar-refractivity contribution in [1.82, 2.24) is 5.43 Å². The Bertz CT molecular complexity index is 825. The van der Waals surface area contributed by atoms with Gasteiger partial charge in [-0.1, -0.05) is 18.2 Å². The van der Waals surface area contributed by atoms with E-state index in [1.807, 2.05) is 19.1 Å². The second kappa shape index (κ2) is 7.07. The number of hydrazone groups is 1. The van der Waals surface area contributed by atoms with Crippen LogP contribution < -0.4 is 10.2 Å². The average Bonchev–Trinajstić information content (AvgIpc) is 2.95. The number of hydrogen-bond donors (Lipinski definition) is 1. The Kier molecular flexibility index (Phi) is 5.14. The van der Waals surface area contributed by atoms with Crippen LogP contribution in [0.25, 0.3) is 0 Å². The smallest absolute Gasteiger partial charge is 0.277 e. The molecule has 0 aliphatic rings. The minimum atomic E-state index is -4.65.